The first kappa shape index (κ1) is 16.2. The highest BCUT2D eigenvalue weighted by molar-refractivity contribution is 7.88. The molecule has 0 aliphatic heterocycles. The van der Waals surface area contributed by atoms with E-state index in [2.05, 4.69) is 17.0 Å². The van der Waals surface area contributed by atoms with E-state index in [1.54, 1.807) is 0 Å². The summed E-state index contributed by atoms with van der Waals surface area (Å²) in [6.07, 6.45) is 8.75. The van der Waals surface area contributed by atoms with Gasteiger partial charge in [0.05, 0.1) is 12.4 Å². The van der Waals surface area contributed by atoms with Gasteiger partial charge in [-0.05, 0) is 39.2 Å². The van der Waals surface area contributed by atoms with Crippen LogP contribution < -0.4 is 10.0 Å². The Kier molecular flexibility index (Phi) is 5.45. The molecule has 2 N–H and O–H groups in total. The van der Waals surface area contributed by atoms with Crippen LogP contribution in [0.1, 0.15) is 45.4 Å². The summed E-state index contributed by atoms with van der Waals surface area (Å²) in [6, 6.07) is 0.555. The van der Waals surface area contributed by atoms with Crippen LogP contribution in [0.25, 0.3) is 0 Å². The van der Waals surface area contributed by atoms with Crippen molar-refractivity contribution < 1.29 is 13.2 Å². The van der Waals surface area contributed by atoms with E-state index >= 15 is 0 Å². The van der Waals surface area contributed by atoms with E-state index < -0.39 is 10.0 Å². The molecule has 0 aromatic heterocycles. The lowest BCUT2D eigenvalue weighted by atomic mass is 9.60. The van der Waals surface area contributed by atoms with Gasteiger partial charge in [-0.1, -0.05) is 12.8 Å². The van der Waals surface area contributed by atoms with Crippen LogP contribution in [0.2, 0.25) is 0 Å². The van der Waals surface area contributed by atoms with Crippen molar-refractivity contribution in [3.8, 4) is 0 Å². The van der Waals surface area contributed by atoms with E-state index in [1.807, 2.05) is 0 Å². The van der Waals surface area contributed by atoms with E-state index in [0.717, 1.165) is 26.0 Å². The minimum absolute atomic E-state index is 0.361. The highest BCUT2D eigenvalue weighted by atomic mass is 32.2. The van der Waals surface area contributed by atoms with Gasteiger partial charge in [-0.25, -0.2) is 13.1 Å². The largest absolute Gasteiger partial charge is 0.378 e. The van der Waals surface area contributed by atoms with Gasteiger partial charge in [0.25, 0.3) is 0 Å². The molecule has 20 heavy (non-hydrogen) atoms. The standard InChI is InChI=1S/C14H28N2O3S/c1-3-19-13-11-12(14(13)7-4-5-8-14)15-9-6-10-16-20(2,17)18/h12-13,15-16H,3-11H2,1-2H3. The molecule has 1 spiro atoms. The van der Waals surface area contributed by atoms with Gasteiger partial charge < -0.3 is 10.1 Å². The molecule has 0 aromatic rings. The Morgan fingerprint density at radius 2 is 1.95 bits per heavy atom. The average molecular weight is 304 g/mol. The van der Waals surface area contributed by atoms with Crippen molar-refractivity contribution in [2.75, 3.05) is 26.0 Å². The van der Waals surface area contributed by atoms with E-state index in [4.69, 9.17) is 4.74 Å². The fraction of sp³-hybridized carbons (Fsp3) is 1.00. The summed E-state index contributed by atoms with van der Waals surface area (Å²) in [5.74, 6) is 0. The molecule has 0 amide bonds. The maximum Gasteiger partial charge on any atom is 0.208 e. The van der Waals surface area contributed by atoms with Gasteiger partial charge in [-0.15, -0.1) is 0 Å². The Bertz CT molecular complexity index is 405. The lowest BCUT2D eigenvalue weighted by molar-refractivity contribution is -0.130. The molecule has 2 saturated carbocycles. The van der Waals surface area contributed by atoms with Gasteiger partial charge in [0.15, 0.2) is 0 Å². The molecule has 0 aromatic carbocycles. The van der Waals surface area contributed by atoms with E-state index in [1.165, 1.54) is 31.9 Å². The van der Waals surface area contributed by atoms with E-state index in [9.17, 15) is 8.42 Å². The molecular formula is C14H28N2O3S. The Labute approximate surface area is 122 Å². The molecule has 2 fully saturated rings. The van der Waals surface area contributed by atoms with Crippen molar-refractivity contribution in [2.24, 2.45) is 5.41 Å². The number of nitrogens with one attached hydrogen (secondary N) is 2. The first-order valence-electron chi connectivity index (χ1n) is 7.77. The monoisotopic (exact) mass is 304 g/mol. The van der Waals surface area contributed by atoms with Crippen molar-refractivity contribution in [2.45, 2.75) is 57.6 Å². The summed E-state index contributed by atoms with van der Waals surface area (Å²) < 4.78 is 30.3. The third-order valence-electron chi connectivity index (χ3n) is 4.80. The minimum atomic E-state index is -3.05. The molecule has 0 radical (unpaired) electrons. The summed E-state index contributed by atoms with van der Waals surface area (Å²) in [5, 5.41) is 3.61. The lowest BCUT2D eigenvalue weighted by Crippen LogP contribution is -2.62. The second-order valence-electron chi connectivity index (χ2n) is 6.15. The van der Waals surface area contributed by atoms with Crippen LogP contribution in [-0.2, 0) is 14.8 Å². The van der Waals surface area contributed by atoms with Crippen molar-refractivity contribution in [1.82, 2.24) is 10.0 Å². The molecule has 2 atom stereocenters. The highest BCUT2D eigenvalue weighted by Gasteiger charge is 2.56. The number of hydrogen-bond donors (Lipinski definition) is 2. The fourth-order valence-corrected chi connectivity index (χ4v) is 4.31. The van der Waals surface area contributed by atoms with Crippen LogP contribution in [0.5, 0.6) is 0 Å². The Morgan fingerprint density at radius 3 is 2.55 bits per heavy atom. The smallest absolute Gasteiger partial charge is 0.208 e. The normalized spacial score (nSPS) is 28.7. The number of hydrogen-bond acceptors (Lipinski definition) is 4. The summed E-state index contributed by atoms with van der Waals surface area (Å²) in [5.41, 5.74) is 0.361. The third-order valence-corrected chi connectivity index (χ3v) is 5.52. The summed E-state index contributed by atoms with van der Waals surface area (Å²) in [4.78, 5) is 0. The van der Waals surface area contributed by atoms with Crippen LogP contribution in [0.3, 0.4) is 0 Å². The third kappa shape index (κ3) is 3.72. The topological polar surface area (TPSA) is 67.4 Å². The summed E-state index contributed by atoms with van der Waals surface area (Å²) in [7, 11) is -3.05. The number of ether oxygens (including phenoxy) is 1. The lowest BCUT2D eigenvalue weighted by Gasteiger charge is -2.54. The molecular weight excluding hydrogens is 276 g/mol. The zero-order valence-electron chi connectivity index (χ0n) is 12.7. The van der Waals surface area contributed by atoms with Gasteiger partial charge in [0.2, 0.25) is 10.0 Å². The maximum absolute atomic E-state index is 11.0. The first-order valence-corrected chi connectivity index (χ1v) is 9.67. The zero-order chi connectivity index (χ0) is 14.6. The van der Waals surface area contributed by atoms with Gasteiger partial charge in [0, 0.05) is 24.6 Å². The average Bonchev–Trinajstić information content (AvgIpc) is 2.87. The molecule has 2 rings (SSSR count). The molecule has 118 valence electrons. The first-order chi connectivity index (χ1) is 9.48. The molecule has 0 bridgehead atoms. The Balaban J connectivity index is 1.71. The summed E-state index contributed by atoms with van der Waals surface area (Å²) in [6.45, 7) is 4.26. The van der Waals surface area contributed by atoms with Crippen LogP contribution in [-0.4, -0.2) is 46.5 Å². The predicted octanol–water partition coefficient (Wildman–Crippen LogP) is 1.25. The van der Waals surface area contributed by atoms with E-state index in [-0.39, 0.29) is 0 Å². The molecule has 2 aliphatic carbocycles. The predicted molar refractivity (Wildman–Crippen MR) is 80.2 cm³/mol. The second-order valence-corrected chi connectivity index (χ2v) is 7.98. The summed E-state index contributed by atoms with van der Waals surface area (Å²) >= 11 is 0. The van der Waals surface area contributed by atoms with Crippen LogP contribution in [0.15, 0.2) is 0 Å². The molecule has 0 saturated heterocycles. The van der Waals surface area contributed by atoms with E-state index in [0.29, 0.717) is 24.1 Å². The van der Waals surface area contributed by atoms with Crippen LogP contribution in [0, 0.1) is 5.41 Å². The minimum Gasteiger partial charge on any atom is -0.378 e. The van der Waals surface area contributed by atoms with Crippen LogP contribution >= 0.6 is 0 Å². The van der Waals surface area contributed by atoms with Crippen molar-refractivity contribution >= 4 is 10.0 Å². The number of rotatable bonds is 8. The number of sulfonamides is 1. The molecule has 0 heterocycles. The molecule has 2 unspecified atom stereocenters. The molecule has 6 heteroatoms. The maximum atomic E-state index is 11.0. The fourth-order valence-electron chi connectivity index (χ4n) is 3.80. The van der Waals surface area contributed by atoms with Crippen molar-refractivity contribution in [3.63, 3.8) is 0 Å². The van der Waals surface area contributed by atoms with Crippen molar-refractivity contribution in [3.05, 3.63) is 0 Å². The van der Waals surface area contributed by atoms with Gasteiger partial charge >= 0.3 is 0 Å². The van der Waals surface area contributed by atoms with Crippen LogP contribution in [0.4, 0.5) is 0 Å². The van der Waals surface area contributed by atoms with Gasteiger partial charge in [0.1, 0.15) is 0 Å². The SMILES string of the molecule is CCOC1CC(NCCCNS(C)(=O)=O)C12CCCC2. The zero-order valence-corrected chi connectivity index (χ0v) is 13.5. The quantitative estimate of drug-likeness (QED) is 0.662. The second kappa shape index (κ2) is 6.73. The molecule has 2 aliphatic rings. The van der Waals surface area contributed by atoms with Gasteiger partial charge in [-0.2, -0.15) is 0 Å². The Morgan fingerprint density at radius 1 is 1.25 bits per heavy atom. The highest BCUT2D eigenvalue weighted by Crippen LogP contribution is 2.54. The molecule has 5 nitrogen and oxygen atoms in total. The van der Waals surface area contributed by atoms with Crippen molar-refractivity contribution in [1.29, 1.82) is 0 Å². The Hall–Kier alpha value is -0.170. The van der Waals surface area contributed by atoms with Gasteiger partial charge in [-0.3, -0.25) is 0 Å².